The number of aromatic nitrogens is 1. The number of nitrogens with zero attached hydrogens (tertiary/aromatic N) is 1. The number of aryl methyl sites for hydroxylation is 1. The van der Waals surface area contributed by atoms with Gasteiger partial charge < -0.3 is 15.2 Å². The molecule has 0 spiro atoms. The quantitative estimate of drug-likeness (QED) is 0.758. The maximum atomic E-state index is 13.0. The van der Waals surface area contributed by atoms with E-state index in [0.29, 0.717) is 4.90 Å². The van der Waals surface area contributed by atoms with Gasteiger partial charge in [0.1, 0.15) is 5.03 Å². The van der Waals surface area contributed by atoms with E-state index in [1.165, 1.54) is 0 Å². The molecule has 25 heavy (non-hydrogen) atoms. The standard InChI is InChI=1S/C19H21N3O2S/c1-14-4-2-6-16(12-14)25(23,24)18-13-15-5-3-7-17(19(15)21-18)22-10-8-20-9-11-22/h2-7,12-13,20-21H,8-11H2,1H3. The molecular weight excluding hydrogens is 334 g/mol. The average Bonchev–Trinajstić information content (AvgIpc) is 3.07. The van der Waals surface area contributed by atoms with Gasteiger partial charge in [-0.15, -0.1) is 0 Å². The van der Waals surface area contributed by atoms with Gasteiger partial charge in [0.2, 0.25) is 9.84 Å². The highest BCUT2D eigenvalue weighted by molar-refractivity contribution is 7.91. The Kier molecular flexibility index (Phi) is 4.01. The monoisotopic (exact) mass is 355 g/mol. The molecule has 1 saturated heterocycles. The Morgan fingerprint density at radius 1 is 1.00 bits per heavy atom. The van der Waals surface area contributed by atoms with Crippen LogP contribution in [0.4, 0.5) is 5.69 Å². The molecule has 0 bridgehead atoms. The summed E-state index contributed by atoms with van der Waals surface area (Å²) in [6, 6.07) is 14.7. The summed E-state index contributed by atoms with van der Waals surface area (Å²) in [5.41, 5.74) is 2.87. The van der Waals surface area contributed by atoms with Gasteiger partial charge in [-0.3, -0.25) is 0 Å². The number of sulfone groups is 1. The molecule has 4 rings (SSSR count). The van der Waals surface area contributed by atoms with E-state index in [9.17, 15) is 8.42 Å². The van der Waals surface area contributed by atoms with Gasteiger partial charge in [-0.2, -0.15) is 0 Å². The molecule has 0 saturated carbocycles. The van der Waals surface area contributed by atoms with Crippen LogP contribution in [0.15, 0.2) is 58.5 Å². The van der Waals surface area contributed by atoms with Crippen LogP contribution in [0.5, 0.6) is 0 Å². The third kappa shape index (κ3) is 2.92. The van der Waals surface area contributed by atoms with Crippen molar-refractivity contribution < 1.29 is 8.42 Å². The van der Waals surface area contributed by atoms with Crippen molar-refractivity contribution in [2.24, 2.45) is 0 Å². The van der Waals surface area contributed by atoms with E-state index in [1.54, 1.807) is 24.3 Å². The molecular formula is C19H21N3O2S. The molecule has 1 aliphatic heterocycles. The Balaban J connectivity index is 1.81. The number of nitrogens with one attached hydrogen (secondary N) is 2. The Hall–Kier alpha value is -2.31. The first-order chi connectivity index (χ1) is 12.1. The van der Waals surface area contributed by atoms with Gasteiger partial charge >= 0.3 is 0 Å². The number of H-pyrrole nitrogens is 1. The van der Waals surface area contributed by atoms with Gasteiger partial charge in [0.25, 0.3) is 0 Å². The first-order valence-electron chi connectivity index (χ1n) is 8.45. The number of piperazine rings is 1. The maximum Gasteiger partial charge on any atom is 0.221 e. The van der Waals surface area contributed by atoms with Crippen molar-refractivity contribution in [2.75, 3.05) is 31.1 Å². The summed E-state index contributed by atoms with van der Waals surface area (Å²) in [6.45, 7) is 5.60. The molecule has 1 fully saturated rings. The van der Waals surface area contributed by atoms with Gasteiger partial charge in [0.15, 0.2) is 0 Å². The number of benzene rings is 2. The minimum atomic E-state index is -3.56. The Bertz CT molecular complexity index is 1020. The number of rotatable bonds is 3. The largest absolute Gasteiger partial charge is 0.367 e. The number of para-hydroxylation sites is 1. The second-order valence-corrected chi connectivity index (χ2v) is 8.35. The van der Waals surface area contributed by atoms with Crippen molar-refractivity contribution >= 4 is 26.4 Å². The molecule has 0 unspecified atom stereocenters. The summed E-state index contributed by atoms with van der Waals surface area (Å²) < 4.78 is 26.0. The topological polar surface area (TPSA) is 65.2 Å². The normalized spacial score (nSPS) is 15.6. The summed E-state index contributed by atoms with van der Waals surface area (Å²) in [4.78, 5) is 5.78. The summed E-state index contributed by atoms with van der Waals surface area (Å²) in [5, 5.41) is 4.51. The molecule has 6 heteroatoms. The summed E-state index contributed by atoms with van der Waals surface area (Å²) in [7, 11) is -3.56. The molecule has 1 aliphatic rings. The van der Waals surface area contributed by atoms with Crippen LogP contribution in [-0.2, 0) is 9.84 Å². The SMILES string of the molecule is Cc1cccc(S(=O)(=O)c2cc3cccc(N4CCNCC4)c3[nH]2)c1. The zero-order chi connectivity index (χ0) is 17.4. The number of aromatic amines is 1. The van der Waals surface area contributed by atoms with Crippen molar-refractivity contribution in [1.29, 1.82) is 0 Å². The van der Waals surface area contributed by atoms with Gasteiger partial charge in [0, 0.05) is 31.6 Å². The number of fused-ring (bicyclic) bond motifs is 1. The fourth-order valence-corrected chi connectivity index (χ4v) is 4.71. The van der Waals surface area contributed by atoms with Crippen LogP contribution in [0.1, 0.15) is 5.56 Å². The van der Waals surface area contributed by atoms with Crippen LogP contribution in [0.25, 0.3) is 10.9 Å². The Labute approximate surface area is 147 Å². The Morgan fingerprint density at radius 3 is 2.52 bits per heavy atom. The second kappa shape index (κ2) is 6.20. The van der Waals surface area contributed by atoms with E-state index in [2.05, 4.69) is 15.2 Å². The highest BCUT2D eigenvalue weighted by Gasteiger charge is 2.22. The van der Waals surface area contributed by atoms with E-state index in [1.807, 2.05) is 31.2 Å². The summed E-state index contributed by atoms with van der Waals surface area (Å²) >= 11 is 0. The zero-order valence-electron chi connectivity index (χ0n) is 14.1. The highest BCUT2D eigenvalue weighted by atomic mass is 32.2. The first kappa shape index (κ1) is 16.2. The molecule has 3 aromatic rings. The van der Waals surface area contributed by atoms with Crippen molar-refractivity contribution in [3.8, 4) is 0 Å². The predicted octanol–water partition coefficient (Wildman–Crippen LogP) is 2.72. The molecule has 130 valence electrons. The van der Waals surface area contributed by atoms with Crippen molar-refractivity contribution in [2.45, 2.75) is 16.8 Å². The van der Waals surface area contributed by atoms with Crippen LogP contribution in [0.3, 0.4) is 0 Å². The van der Waals surface area contributed by atoms with Gasteiger partial charge in [0.05, 0.1) is 16.1 Å². The van der Waals surface area contributed by atoms with E-state index in [0.717, 1.165) is 48.3 Å². The van der Waals surface area contributed by atoms with E-state index in [4.69, 9.17) is 0 Å². The molecule has 0 amide bonds. The lowest BCUT2D eigenvalue weighted by Crippen LogP contribution is -2.43. The number of hydrogen-bond donors (Lipinski definition) is 2. The van der Waals surface area contributed by atoms with E-state index < -0.39 is 9.84 Å². The third-order valence-corrected chi connectivity index (χ3v) is 6.33. The first-order valence-corrected chi connectivity index (χ1v) is 9.93. The minimum absolute atomic E-state index is 0.246. The van der Waals surface area contributed by atoms with E-state index in [-0.39, 0.29) is 5.03 Å². The van der Waals surface area contributed by atoms with Crippen LogP contribution in [0, 0.1) is 6.92 Å². The second-order valence-electron chi connectivity index (χ2n) is 6.43. The molecule has 2 aromatic carbocycles. The molecule has 0 atom stereocenters. The number of hydrogen-bond acceptors (Lipinski definition) is 4. The third-order valence-electron chi connectivity index (χ3n) is 4.66. The average molecular weight is 355 g/mol. The number of anilines is 1. The van der Waals surface area contributed by atoms with E-state index >= 15 is 0 Å². The molecule has 0 aliphatic carbocycles. The summed E-state index contributed by atoms with van der Waals surface area (Å²) in [6.07, 6.45) is 0. The van der Waals surface area contributed by atoms with Crippen LogP contribution in [-0.4, -0.2) is 39.6 Å². The van der Waals surface area contributed by atoms with Crippen molar-refractivity contribution in [3.63, 3.8) is 0 Å². The van der Waals surface area contributed by atoms with Crippen molar-refractivity contribution in [3.05, 3.63) is 54.1 Å². The molecule has 5 nitrogen and oxygen atoms in total. The fraction of sp³-hybridized carbons (Fsp3) is 0.263. The lowest BCUT2D eigenvalue weighted by Gasteiger charge is -2.29. The molecule has 0 radical (unpaired) electrons. The van der Waals surface area contributed by atoms with Crippen LogP contribution >= 0.6 is 0 Å². The zero-order valence-corrected chi connectivity index (χ0v) is 14.9. The maximum absolute atomic E-state index is 13.0. The van der Waals surface area contributed by atoms with Crippen molar-refractivity contribution in [1.82, 2.24) is 10.3 Å². The highest BCUT2D eigenvalue weighted by Crippen LogP contribution is 2.31. The van der Waals surface area contributed by atoms with Gasteiger partial charge in [-0.1, -0.05) is 24.3 Å². The van der Waals surface area contributed by atoms with Crippen LogP contribution < -0.4 is 10.2 Å². The Morgan fingerprint density at radius 2 is 1.76 bits per heavy atom. The van der Waals surface area contributed by atoms with Crippen LogP contribution in [0.2, 0.25) is 0 Å². The van der Waals surface area contributed by atoms with Gasteiger partial charge in [-0.05, 0) is 36.8 Å². The fourth-order valence-electron chi connectivity index (χ4n) is 3.34. The smallest absolute Gasteiger partial charge is 0.221 e. The lowest BCUT2D eigenvalue weighted by molar-refractivity contribution is 0.589. The minimum Gasteiger partial charge on any atom is -0.367 e. The van der Waals surface area contributed by atoms with Gasteiger partial charge in [-0.25, -0.2) is 8.42 Å². The predicted molar refractivity (Wildman–Crippen MR) is 100 cm³/mol. The molecule has 2 heterocycles. The molecule has 1 aromatic heterocycles. The molecule has 2 N–H and O–H groups in total. The summed E-state index contributed by atoms with van der Waals surface area (Å²) in [5.74, 6) is 0. The lowest BCUT2D eigenvalue weighted by atomic mass is 10.2.